The van der Waals surface area contributed by atoms with E-state index in [0.717, 1.165) is 5.56 Å². The highest BCUT2D eigenvalue weighted by Crippen LogP contribution is 2.48. The molecule has 1 aliphatic rings. The van der Waals surface area contributed by atoms with Crippen molar-refractivity contribution >= 4 is 11.6 Å². The van der Waals surface area contributed by atoms with Crippen LogP contribution in [-0.4, -0.2) is 32.6 Å². The van der Waals surface area contributed by atoms with Gasteiger partial charge in [0.2, 0.25) is 0 Å². The van der Waals surface area contributed by atoms with Crippen molar-refractivity contribution < 1.29 is 9.84 Å². The van der Waals surface area contributed by atoms with Crippen molar-refractivity contribution in [3.63, 3.8) is 0 Å². The van der Waals surface area contributed by atoms with Crippen LogP contribution in [0.25, 0.3) is 0 Å². The predicted octanol–water partition coefficient (Wildman–Crippen LogP) is 1.85. The normalized spacial score (nSPS) is 29.1. The van der Waals surface area contributed by atoms with Gasteiger partial charge in [-0.05, 0) is 17.7 Å². The van der Waals surface area contributed by atoms with Crippen molar-refractivity contribution in [3.8, 4) is 0 Å². The van der Waals surface area contributed by atoms with Gasteiger partial charge in [0.1, 0.15) is 18.3 Å². The van der Waals surface area contributed by atoms with Crippen molar-refractivity contribution in [2.45, 2.75) is 25.2 Å². The Morgan fingerprint density at radius 3 is 2.70 bits per heavy atom. The summed E-state index contributed by atoms with van der Waals surface area (Å²) in [5.74, 6) is 0.179. The Hall–Kier alpha value is -1.43. The van der Waals surface area contributed by atoms with Crippen LogP contribution in [0.3, 0.4) is 0 Å². The second-order valence-electron chi connectivity index (χ2n) is 5.12. The van der Waals surface area contributed by atoms with Crippen LogP contribution in [0.1, 0.15) is 12.5 Å². The van der Waals surface area contributed by atoms with Gasteiger partial charge in [-0.3, -0.25) is 0 Å². The standard InChI is InChI=1S/C14H16ClN3O2/c1-10-13(6-19)20-14(10,7-18-9-16-8-17-18)11-2-4-12(15)5-3-11/h2-5,8-10,13,19H,6-7H2,1H3/t10-,13+,14+/m0/s1. The molecule has 5 nitrogen and oxygen atoms in total. The second kappa shape index (κ2) is 5.16. The summed E-state index contributed by atoms with van der Waals surface area (Å²) in [6, 6.07) is 7.62. The summed E-state index contributed by atoms with van der Waals surface area (Å²) < 4.78 is 7.75. The smallest absolute Gasteiger partial charge is 0.137 e. The molecule has 1 fully saturated rings. The topological polar surface area (TPSA) is 60.2 Å². The zero-order valence-corrected chi connectivity index (χ0v) is 11.9. The quantitative estimate of drug-likeness (QED) is 0.935. The molecule has 3 rings (SSSR count). The highest BCUT2D eigenvalue weighted by Gasteiger charge is 2.54. The Balaban J connectivity index is 1.94. The third-order valence-corrected chi connectivity index (χ3v) is 4.28. The second-order valence-corrected chi connectivity index (χ2v) is 5.55. The van der Waals surface area contributed by atoms with E-state index in [1.54, 1.807) is 11.0 Å². The fraction of sp³-hybridized carbons (Fsp3) is 0.429. The minimum Gasteiger partial charge on any atom is -0.394 e. The first-order valence-electron chi connectivity index (χ1n) is 6.53. The maximum absolute atomic E-state index is 9.32. The first-order valence-corrected chi connectivity index (χ1v) is 6.90. The Morgan fingerprint density at radius 2 is 2.15 bits per heavy atom. The number of halogens is 1. The van der Waals surface area contributed by atoms with Gasteiger partial charge in [0.05, 0.1) is 19.3 Å². The van der Waals surface area contributed by atoms with Gasteiger partial charge in [-0.1, -0.05) is 30.7 Å². The molecule has 0 spiro atoms. The van der Waals surface area contributed by atoms with E-state index >= 15 is 0 Å². The summed E-state index contributed by atoms with van der Waals surface area (Å²) in [5.41, 5.74) is 0.542. The summed E-state index contributed by atoms with van der Waals surface area (Å²) in [4.78, 5) is 3.96. The average molecular weight is 294 g/mol. The molecule has 1 aromatic heterocycles. The van der Waals surface area contributed by atoms with Crippen LogP contribution in [0.5, 0.6) is 0 Å². The number of aliphatic hydroxyl groups excluding tert-OH is 1. The highest BCUT2D eigenvalue weighted by atomic mass is 35.5. The number of hydrogen-bond acceptors (Lipinski definition) is 4. The van der Waals surface area contributed by atoms with Crippen LogP contribution in [0.15, 0.2) is 36.9 Å². The Kier molecular flexibility index (Phi) is 3.50. The van der Waals surface area contributed by atoms with E-state index < -0.39 is 5.60 Å². The summed E-state index contributed by atoms with van der Waals surface area (Å²) in [7, 11) is 0. The molecular weight excluding hydrogens is 278 g/mol. The lowest BCUT2D eigenvalue weighted by Crippen LogP contribution is -2.59. The zero-order chi connectivity index (χ0) is 14.2. The van der Waals surface area contributed by atoms with E-state index in [1.165, 1.54) is 6.33 Å². The maximum atomic E-state index is 9.32. The van der Waals surface area contributed by atoms with E-state index in [2.05, 4.69) is 17.0 Å². The Labute approximate surface area is 122 Å². The number of aromatic nitrogens is 3. The average Bonchev–Trinajstić information content (AvgIpc) is 2.96. The molecule has 1 aliphatic heterocycles. The molecule has 1 N–H and O–H groups in total. The van der Waals surface area contributed by atoms with Gasteiger partial charge in [-0.25, -0.2) is 9.67 Å². The Morgan fingerprint density at radius 1 is 1.40 bits per heavy atom. The van der Waals surface area contributed by atoms with Crippen LogP contribution in [0.2, 0.25) is 5.02 Å². The SMILES string of the molecule is C[C@H]1[C@@H](CO)O[C@@]1(Cn1cncn1)c1ccc(Cl)cc1. The van der Waals surface area contributed by atoms with Crippen LogP contribution in [0.4, 0.5) is 0 Å². The molecule has 0 saturated carbocycles. The van der Waals surface area contributed by atoms with Gasteiger partial charge >= 0.3 is 0 Å². The molecule has 0 unspecified atom stereocenters. The lowest BCUT2D eigenvalue weighted by atomic mass is 9.73. The number of ether oxygens (including phenoxy) is 1. The molecule has 0 aliphatic carbocycles. The van der Waals surface area contributed by atoms with Gasteiger partial charge in [-0.15, -0.1) is 0 Å². The molecule has 1 aromatic carbocycles. The molecule has 2 aromatic rings. The minimum atomic E-state index is -0.494. The fourth-order valence-corrected chi connectivity index (χ4v) is 2.92. The molecule has 0 radical (unpaired) electrons. The number of benzene rings is 1. The van der Waals surface area contributed by atoms with Gasteiger partial charge in [0.15, 0.2) is 0 Å². The maximum Gasteiger partial charge on any atom is 0.137 e. The van der Waals surface area contributed by atoms with Crippen molar-refractivity contribution in [3.05, 3.63) is 47.5 Å². The molecule has 106 valence electrons. The lowest BCUT2D eigenvalue weighted by molar-refractivity contribution is -0.280. The van der Waals surface area contributed by atoms with Crippen molar-refractivity contribution in [1.29, 1.82) is 0 Å². The Bertz CT molecular complexity index is 573. The first kappa shape index (κ1) is 13.5. The minimum absolute atomic E-state index is 0.0217. The molecule has 3 atom stereocenters. The number of rotatable bonds is 4. The monoisotopic (exact) mass is 293 g/mol. The van der Waals surface area contributed by atoms with Crippen LogP contribution >= 0.6 is 11.6 Å². The molecule has 6 heteroatoms. The van der Waals surface area contributed by atoms with Crippen molar-refractivity contribution in [1.82, 2.24) is 14.8 Å². The van der Waals surface area contributed by atoms with E-state index in [1.807, 2.05) is 24.3 Å². The van der Waals surface area contributed by atoms with E-state index in [4.69, 9.17) is 16.3 Å². The molecule has 1 saturated heterocycles. The summed E-state index contributed by atoms with van der Waals surface area (Å²) in [6.45, 7) is 2.66. The molecular formula is C14H16ClN3O2. The predicted molar refractivity (Wildman–Crippen MR) is 74.3 cm³/mol. The van der Waals surface area contributed by atoms with E-state index in [-0.39, 0.29) is 18.6 Å². The van der Waals surface area contributed by atoms with Gasteiger partial charge in [-0.2, -0.15) is 5.10 Å². The number of nitrogens with zero attached hydrogens (tertiary/aromatic N) is 3. The molecule has 0 bridgehead atoms. The van der Waals surface area contributed by atoms with Crippen LogP contribution in [-0.2, 0) is 16.9 Å². The van der Waals surface area contributed by atoms with Gasteiger partial charge in [0, 0.05) is 10.9 Å². The molecule has 2 heterocycles. The third-order valence-electron chi connectivity index (χ3n) is 4.03. The highest BCUT2D eigenvalue weighted by molar-refractivity contribution is 6.30. The van der Waals surface area contributed by atoms with Gasteiger partial charge in [0.25, 0.3) is 0 Å². The lowest BCUT2D eigenvalue weighted by Gasteiger charge is -2.53. The van der Waals surface area contributed by atoms with Crippen LogP contribution < -0.4 is 0 Å². The van der Waals surface area contributed by atoms with Crippen molar-refractivity contribution in [2.24, 2.45) is 5.92 Å². The molecule has 0 amide bonds. The summed E-state index contributed by atoms with van der Waals surface area (Å²) in [5, 5.41) is 14.2. The third kappa shape index (κ3) is 2.12. The van der Waals surface area contributed by atoms with Gasteiger partial charge < -0.3 is 9.84 Å². The summed E-state index contributed by atoms with van der Waals surface area (Å²) in [6.07, 6.45) is 3.02. The summed E-state index contributed by atoms with van der Waals surface area (Å²) >= 11 is 5.95. The first-order chi connectivity index (χ1) is 9.65. The largest absolute Gasteiger partial charge is 0.394 e. The number of aliphatic hydroxyl groups is 1. The van der Waals surface area contributed by atoms with Crippen LogP contribution in [0, 0.1) is 5.92 Å². The fourth-order valence-electron chi connectivity index (χ4n) is 2.79. The van der Waals surface area contributed by atoms with E-state index in [9.17, 15) is 5.11 Å². The zero-order valence-electron chi connectivity index (χ0n) is 11.1. The van der Waals surface area contributed by atoms with E-state index in [0.29, 0.717) is 11.6 Å². The number of hydrogen-bond donors (Lipinski definition) is 1. The molecule has 20 heavy (non-hydrogen) atoms. The van der Waals surface area contributed by atoms with Crippen molar-refractivity contribution in [2.75, 3.05) is 6.61 Å².